The molecule has 0 spiro atoms. The van der Waals surface area contributed by atoms with Gasteiger partial charge in [-0.05, 0) is 0 Å². The van der Waals surface area contributed by atoms with E-state index in [4.69, 9.17) is 19.7 Å². The van der Waals surface area contributed by atoms with Gasteiger partial charge < -0.3 is 50.0 Å². The fourth-order valence-electron chi connectivity index (χ4n) is 2.20. The van der Waals surface area contributed by atoms with E-state index >= 15 is 0 Å². The quantitative estimate of drug-likeness (QED) is 0.241. The van der Waals surface area contributed by atoms with Crippen LogP contribution < -0.4 is 0 Å². The van der Waals surface area contributed by atoms with Crippen molar-refractivity contribution in [1.29, 1.82) is 0 Å². The lowest BCUT2D eigenvalue weighted by Gasteiger charge is -2.39. The topological polar surface area (TPSA) is 186 Å². The minimum Gasteiger partial charge on any atom is -0.505 e. The molecule has 2 heterocycles. The van der Waals surface area contributed by atoms with Crippen LogP contribution in [-0.4, -0.2) is 97.8 Å². The molecule has 0 aromatic rings. The van der Waals surface area contributed by atoms with Crippen molar-refractivity contribution in [2.75, 3.05) is 13.2 Å². The molecule has 0 radical (unpaired) electrons. The van der Waals surface area contributed by atoms with Crippen LogP contribution in [0, 0.1) is 0 Å². The molecular weight excluding hydrogens is 320 g/mol. The molecule has 0 bridgehead atoms. The first-order valence-corrected chi connectivity index (χ1v) is 6.72. The molecule has 7 N–H and O–H groups in total. The molecule has 11 heteroatoms. The molecule has 23 heavy (non-hydrogen) atoms. The van der Waals surface area contributed by atoms with Crippen molar-refractivity contribution in [3.05, 3.63) is 11.5 Å². The standard InChI is InChI=1S/C12H18O11/c13-1-3(15)9-8(19)10(11(20)22-9)23-12-7(18)6(17)5(16)4(2-14)21-12/h3-7,9,12-19H,1-2H2. The van der Waals surface area contributed by atoms with Gasteiger partial charge in [0.05, 0.1) is 13.2 Å². The molecule has 2 aliphatic rings. The van der Waals surface area contributed by atoms with E-state index < -0.39 is 73.6 Å². The summed E-state index contributed by atoms with van der Waals surface area (Å²) in [6.45, 7) is -1.50. The van der Waals surface area contributed by atoms with Gasteiger partial charge in [0.2, 0.25) is 12.0 Å². The van der Waals surface area contributed by atoms with Gasteiger partial charge in [0.1, 0.15) is 30.5 Å². The van der Waals surface area contributed by atoms with Crippen molar-refractivity contribution in [2.45, 2.75) is 42.9 Å². The van der Waals surface area contributed by atoms with Gasteiger partial charge in [-0.2, -0.15) is 0 Å². The summed E-state index contributed by atoms with van der Waals surface area (Å²) in [6.07, 6.45) is -11.2. The van der Waals surface area contributed by atoms with Crippen molar-refractivity contribution in [3.63, 3.8) is 0 Å². The maximum absolute atomic E-state index is 11.6. The van der Waals surface area contributed by atoms with Crippen molar-refractivity contribution in [3.8, 4) is 0 Å². The summed E-state index contributed by atoms with van der Waals surface area (Å²) in [6, 6.07) is 0. The van der Waals surface area contributed by atoms with Crippen LogP contribution >= 0.6 is 0 Å². The van der Waals surface area contributed by atoms with E-state index in [1.165, 1.54) is 0 Å². The third-order valence-corrected chi connectivity index (χ3v) is 3.54. The van der Waals surface area contributed by atoms with Crippen LogP contribution in [0.15, 0.2) is 11.5 Å². The Morgan fingerprint density at radius 2 is 1.78 bits per heavy atom. The summed E-state index contributed by atoms with van der Waals surface area (Å²) < 4.78 is 14.6. The van der Waals surface area contributed by atoms with E-state index in [-0.39, 0.29) is 0 Å². The molecular formula is C12H18O11. The largest absolute Gasteiger partial charge is 0.505 e. The Bertz CT molecular complexity index is 476. The highest BCUT2D eigenvalue weighted by Crippen LogP contribution is 2.29. The maximum atomic E-state index is 11.6. The van der Waals surface area contributed by atoms with Crippen molar-refractivity contribution < 1.29 is 54.8 Å². The summed E-state index contributed by atoms with van der Waals surface area (Å²) >= 11 is 0. The molecule has 0 aromatic heterocycles. The summed E-state index contributed by atoms with van der Waals surface area (Å²) in [5, 5.41) is 66.1. The first-order chi connectivity index (χ1) is 10.8. The van der Waals surface area contributed by atoms with Crippen LogP contribution in [0.25, 0.3) is 0 Å². The van der Waals surface area contributed by atoms with Gasteiger partial charge in [0, 0.05) is 0 Å². The maximum Gasteiger partial charge on any atom is 0.378 e. The molecule has 7 unspecified atom stereocenters. The number of carbonyl (C=O) groups is 1. The predicted octanol–water partition coefficient (Wildman–Crippen LogP) is -4.15. The van der Waals surface area contributed by atoms with Gasteiger partial charge in [-0.15, -0.1) is 0 Å². The Hall–Kier alpha value is -1.47. The third-order valence-electron chi connectivity index (χ3n) is 3.54. The van der Waals surface area contributed by atoms with Crippen molar-refractivity contribution in [1.82, 2.24) is 0 Å². The number of aliphatic hydroxyl groups is 7. The van der Waals surface area contributed by atoms with Gasteiger partial charge in [0.25, 0.3) is 0 Å². The van der Waals surface area contributed by atoms with Crippen LogP contribution in [0.5, 0.6) is 0 Å². The van der Waals surface area contributed by atoms with E-state index in [2.05, 4.69) is 4.74 Å². The second-order valence-electron chi connectivity index (χ2n) is 5.11. The molecule has 1 fully saturated rings. The summed E-state index contributed by atoms with van der Waals surface area (Å²) in [4.78, 5) is 11.6. The first-order valence-electron chi connectivity index (χ1n) is 6.72. The van der Waals surface area contributed by atoms with E-state index in [0.29, 0.717) is 0 Å². The summed E-state index contributed by atoms with van der Waals surface area (Å²) in [5.41, 5.74) is 0. The van der Waals surface area contributed by atoms with E-state index in [1.807, 2.05) is 0 Å². The number of hydrogen-bond donors (Lipinski definition) is 7. The van der Waals surface area contributed by atoms with Crippen LogP contribution in [0.1, 0.15) is 0 Å². The molecule has 0 saturated carbocycles. The Balaban J connectivity index is 2.16. The minimum atomic E-state index is -1.79. The minimum absolute atomic E-state index is 0.702. The van der Waals surface area contributed by atoms with E-state index in [9.17, 15) is 30.3 Å². The second-order valence-corrected chi connectivity index (χ2v) is 5.11. The first kappa shape index (κ1) is 17.9. The molecule has 0 amide bonds. The van der Waals surface area contributed by atoms with Gasteiger partial charge in [-0.25, -0.2) is 4.79 Å². The Morgan fingerprint density at radius 3 is 2.35 bits per heavy atom. The highest BCUT2D eigenvalue weighted by molar-refractivity contribution is 5.89. The number of cyclic esters (lactones) is 1. The summed E-state index contributed by atoms with van der Waals surface area (Å²) in [5.74, 6) is -2.79. The molecule has 0 aromatic carbocycles. The second kappa shape index (κ2) is 6.97. The Labute approximate surface area is 129 Å². The lowest BCUT2D eigenvalue weighted by molar-refractivity contribution is -0.291. The van der Waals surface area contributed by atoms with Crippen molar-refractivity contribution >= 4 is 5.97 Å². The number of ether oxygens (including phenoxy) is 3. The zero-order valence-electron chi connectivity index (χ0n) is 11.7. The normalized spacial score (nSPS) is 39.3. The number of esters is 1. The molecule has 132 valence electrons. The SMILES string of the molecule is O=C1OC(C(O)CO)C(O)=C1OC1OC(CO)C(O)C(O)C1O. The highest BCUT2D eigenvalue weighted by Gasteiger charge is 2.48. The zero-order valence-corrected chi connectivity index (χ0v) is 11.7. The molecule has 1 saturated heterocycles. The fourth-order valence-corrected chi connectivity index (χ4v) is 2.20. The number of aliphatic hydroxyl groups excluding tert-OH is 7. The average molecular weight is 338 g/mol. The third kappa shape index (κ3) is 3.26. The highest BCUT2D eigenvalue weighted by atomic mass is 16.7. The molecule has 2 aliphatic heterocycles. The lowest BCUT2D eigenvalue weighted by Crippen LogP contribution is -2.59. The predicted molar refractivity (Wildman–Crippen MR) is 67.5 cm³/mol. The van der Waals surface area contributed by atoms with Gasteiger partial charge in [-0.3, -0.25) is 0 Å². The van der Waals surface area contributed by atoms with E-state index in [1.54, 1.807) is 0 Å². The fraction of sp³-hybridized carbons (Fsp3) is 0.750. The van der Waals surface area contributed by atoms with Gasteiger partial charge >= 0.3 is 5.97 Å². The zero-order chi connectivity index (χ0) is 17.3. The van der Waals surface area contributed by atoms with Crippen LogP contribution in [0.3, 0.4) is 0 Å². The van der Waals surface area contributed by atoms with Gasteiger partial charge in [0.15, 0.2) is 11.9 Å². The van der Waals surface area contributed by atoms with Crippen LogP contribution in [-0.2, 0) is 19.0 Å². The monoisotopic (exact) mass is 338 g/mol. The molecule has 7 atom stereocenters. The molecule has 0 aliphatic carbocycles. The smallest absolute Gasteiger partial charge is 0.378 e. The molecule has 11 nitrogen and oxygen atoms in total. The Kier molecular flexibility index (Phi) is 5.41. The lowest BCUT2D eigenvalue weighted by atomic mass is 9.99. The Morgan fingerprint density at radius 1 is 1.13 bits per heavy atom. The average Bonchev–Trinajstić information content (AvgIpc) is 2.82. The van der Waals surface area contributed by atoms with Gasteiger partial charge in [-0.1, -0.05) is 0 Å². The van der Waals surface area contributed by atoms with Crippen LogP contribution in [0.4, 0.5) is 0 Å². The number of hydrogen-bond acceptors (Lipinski definition) is 11. The van der Waals surface area contributed by atoms with Crippen molar-refractivity contribution in [2.24, 2.45) is 0 Å². The number of carbonyl (C=O) groups excluding carboxylic acids is 1. The van der Waals surface area contributed by atoms with E-state index in [0.717, 1.165) is 0 Å². The molecule has 2 rings (SSSR count). The number of rotatable bonds is 5. The van der Waals surface area contributed by atoms with Crippen LogP contribution in [0.2, 0.25) is 0 Å². The summed E-state index contributed by atoms with van der Waals surface area (Å²) in [7, 11) is 0.